The molecule has 2 saturated heterocycles. The van der Waals surface area contributed by atoms with Crippen LogP contribution in [0.25, 0.3) is 0 Å². The van der Waals surface area contributed by atoms with Gasteiger partial charge in [-0.3, -0.25) is 33.6 Å². The molecular weight excluding hydrogens is 1200 g/mol. The Morgan fingerprint density at radius 3 is 1.22 bits per heavy atom. The van der Waals surface area contributed by atoms with Gasteiger partial charge in [0.25, 0.3) is 17.7 Å². The number of esters is 3. The summed E-state index contributed by atoms with van der Waals surface area (Å²) in [7, 11) is 4.05. The molecule has 0 saturated carbocycles. The molecule has 0 N–H and O–H groups in total. The van der Waals surface area contributed by atoms with Crippen molar-refractivity contribution in [2.45, 2.75) is 249 Å². The number of carbonyl (C=O) groups is 7. The van der Waals surface area contributed by atoms with Crippen LogP contribution < -0.4 is 0 Å². The Balaban J connectivity index is -0.00000182. The molecule has 95 heavy (non-hydrogen) atoms. The van der Waals surface area contributed by atoms with Crippen molar-refractivity contribution in [3.63, 3.8) is 0 Å². The molecule has 0 aromatic heterocycles. The van der Waals surface area contributed by atoms with Gasteiger partial charge in [-0.15, -0.1) is 0 Å². The number of ketones is 1. The number of hydrogen-bond acceptors (Lipinski definition) is 13. The van der Waals surface area contributed by atoms with Gasteiger partial charge < -0.3 is 43.1 Å². The van der Waals surface area contributed by atoms with Crippen LogP contribution in [0.3, 0.4) is 0 Å². The first kappa shape index (κ1) is 93.6. The summed E-state index contributed by atoms with van der Waals surface area (Å²) >= 11 is 0. The fourth-order valence-corrected chi connectivity index (χ4v) is 9.17. The van der Waals surface area contributed by atoms with Crippen LogP contribution in [0, 0.1) is 78.9 Å². The maximum absolute atomic E-state index is 13.6. The Morgan fingerprint density at radius 1 is 0.495 bits per heavy atom. The minimum atomic E-state index is -1.37. The largest absolute Gasteiger partial charge is 0.486 e. The first-order valence-electron chi connectivity index (χ1n) is 35.6. The van der Waals surface area contributed by atoms with E-state index in [2.05, 4.69) is 124 Å². The van der Waals surface area contributed by atoms with Gasteiger partial charge >= 0.3 is 17.9 Å². The predicted octanol–water partition coefficient (Wildman–Crippen LogP) is 16.2. The molecule has 10 unspecified atom stereocenters. The first-order valence-corrected chi connectivity index (χ1v) is 35.6. The van der Waals surface area contributed by atoms with Crippen LogP contribution in [0.4, 0.5) is 0 Å². The van der Waals surface area contributed by atoms with Gasteiger partial charge in [0, 0.05) is 72.8 Å². The van der Waals surface area contributed by atoms with Gasteiger partial charge in [-0.05, 0) is 117 Å². The lowest BCUT2D eigenvalue weighted by Crippen LogP contribution is -2.46. The average Bonchev–Trinajstić information content (AvgIpc) is 0.890. The van der Waals surface area contributed by atoms with Gasteiger partial charge in [0.1, 0.15) is 19.6 Å². The molecule has 10 atom stereocenters. The van der Waals surface area contributed by atoms with Crippen LogP contribution in [0.5, 0.6) is 0 Å². The molecule has 16 heteroatoms. The van der Waals surface area contributed by atoms with Crippen LogP contribution in [-0.2, 0) is 74.8 Å². The number of rotatable bonds is 26. The SMILES string of the molecule is C=C(CC)OC(C)C(=O)N(C)CC(=O)OC(Cc1ccc(C)cc1)C(=O)N(C)CC(=O)OC(C)C(=O)N(C)CC(=O)OC(Cc1ccc(C)cc1)C(=O)C(C)C(C)C.CC(C)C.CC(C)C.CC(C)C.CC(C)C.CCC(C)C1COCC(C)C1.CCCC1COCC(C)C1. The molecule has 4 rings (SSSR count). The lowest BCUT2D eigenvalue weighted by Gasteiger charge is -2.30. The van der Waals surface area contributed by atoms with Gasteiger partial charge in [-0.1, -0.05) is 224 Å². The summed E-state index contributed by atoms with van der Waals surface area (Å²) in [5.74, 6) is 2.70. The maximum Gasteiger partial charge on any atom is 0.326 e. The van der Waals surface area contributed by atoms with Gasteiger partial charge in [0.15, 0.2) is 30.2 Å². The topological polar surface area (TPSA) is 185 Å². The molecule has 548 valence electrons. The second-order valence-electron chi connectivity index (χ2n) is 29.6. The molecule has 2 aliphatic rings. The number of allylic oxidation sites excluding steroid dienone is 1. The third kappa shape index (κ3) is 47.9. The van der Waals surface area contributed by atoms with Crippen molar-refractivity contribution in [3.8, 4) is 0 Å². The van der Waals surface area contributed by atoms with E-state index in [1.165, 1.54) is 67.1 Å². The third-order valence-corrected chi connectivity index (χ3v) is 14.7. The number of likely N-dealkylation sites (N-methyl/N-ethyl adjacent to an activating group) is 3. The summed E-state index contributed by atoms with van der Waals surface area (Å²) in [4.78, 5) is 95.1. The molecule has 2 aliphatic heterocycles. The predicted molar refractivity (Wildman–Crippen MR) is 390 cm³/mol. The molecule has 0 radical (unpaired) electrons. The maximum atomic E-state index is 13.6. The van der Waals surface area contributed by atoms with Gasteiger partial charge in [-0.2, -0.15) is 0 Å². The normalized spacial score (nSPS) is 17.4. The van der Waals surface area contributed by atoms with E-state index in [1.54, 1.807) is 19.1 Å². The van der Waals surface area contributed by atoms with Crippen molar-refractivity contribution in [2.75, 3.05) is 67.2 Å². The van der Waals surface area contributed by atoms with E-state index in [1.807, 2.05) is 71.0 Å². The van der Waals surface area contributed by atoms with Crippen LogP contribution in [0.15, 0.2) is 60.9 Å². The first-order chi connectivity index (χ1) is 44.1. The second kappa shape index (κ2) is 52.5. The van der Waals surface area contributed by atoms with Crippen molar-refractivity contribution in [1.82, 2.24) is 14.7 Å². The van der Waals surface area contributed by atoms with Gasteiger partial charge in [-0.25, -0.2) is 0 Å². The highest BCUT2D eigenvalue weighted by atomic mass is 16.6. The molecular formula is C79H139N3O13. The molecule has 0 aliphatic carbocycles. The second-order valence-corrected chi connectivity index (χ2v) is 29.6. The van der Waals surface area contributed by atoms with Crippen LogP contribution in [0.2, 0.25) is 0 Å². The zero-order chi connectivity index (χ0) is 73.8. The van der Waals surface area contributed by atoms with Crippen LogP contribution in [-0.4, -0.2) is 148 Å². The smallest absolute Gasteiger partial charge is 0.326 e. The van der Waals surface area contributed by atoms with E-state index in [9.17, 15) is 33.6 Å². The highest BCUT2D eigenvalue weighted by Crippen LogP contribution is 2.28. The Kier molecular flexibility index (Phi) is 51.7. The fraction of sp³-hybridized carbons (Fsp3) is 0.734. The monoisotopic (exact) mass is 1340 g/mol. The summed E-state index contributed by atoms with van der Waals surface area (Å²) in [6, 6.07) is 14.8. The Morgan fingerprint density at radius 2 is 0.853 bits per heavy atom. The number of aryl methyl sites for hydroxylation is 2. The molecule has 2 fully saturated rings. The number of hydrogen-bond donors (Lipinski definition) is 0. The molecule has 2 aromatic carbocycles. The highest BCUT2D eigenvalue weighted by Gasteiger charge is 2.33. The number of amides is 3. The van der Waals surface area contributed by atoms with E-state index < -0.39 is 79.7 Å². The average molecular weight is 1340 g/mol. The van der Waals surface area contributed by atoms with E-state index in [0.29, 0.717) is 17.7 Å². The zero-order valence-electron chi connectivity index (χ0n) is 65.2. The van der Waals surface area contributed by atoms with Crippen LogP contribution in [0.1, 0.15) is 220 Å². The van der Waals surface area contributed by atoms with Gasteiger partial charge in [0.2, 0.25) is 0 Å². The van der Waals surface area contributed by atoms with Crippen molar-refractivity contribution >= 4 is 41.4 Å². The summed E-state index contributed by atoms with van der Waals surface area (Å²) in [5.41, 5.74) is 3.51. The molecule has 0 spiro atoms. The molecule has 3 amide bonds. The molecule has 2 aromatic rings. The Bertz CT molecular complexity index is 2380. The summed E-state index contributed by atoms with van der Waals surface area (Å²) < 4.78 is 33.0. The number of carbonyl (C=O) groups excluding carboxylic acids is 7. The zero-order valence-corrected chi connectivity index (χ0v) is 65.2. The van der Waals surface area contributed by atoms with Crippen molar-refractivity contribution in [3.05, 3.63) is 83.1 Å². The molecule has 16 nitrogen and oxygen atoms in total. The Labute approximate surface area is 579 Å². The lowest BCUT2D eigenvalue weighted by atomic mass is 9.84. The summed E-state index contributed by atoms with van der Waals surface area (Å²) in [5, 5.41) is 0. The number of nitrogens with zero attached hydrogens (tertiary/aromatic N) is 3. The van der Waals surface area contributed by atoms with Crippen molar-refractivity contribution < 1.29 is 62.0 Å². The quantitative estimate of drug-likeness (QED) is 0.0493. The van der Waals surface area contributed by atoms with E-state index >= 15 is 0 Å². The number of ether oxygens (including phenoxy) is 6. The number of benzene rings is 2. The molecule has 2 heterocycles. The fourth-order valence-electron chi connectivity index (χ4n) is 9.17. The summed E-state index contributed by atoms with van der Waals surface area (Å²) in [6.07, 6.45) is 2.68. The minimum absolute atomic E-state index is 0.0144. The summed E-state index contributed by atoms with van der Waals surface area (Å²) in [6.45, 7) is 57.7. The van der Waals surface area contributed by atoms with E-state index in [0.717, 1.165) is 111 Å². The van der Waals surface area contributed by atoms with Crippen molar-refractivity contribution in [1.29, 1.82) is 0 Å². The Hall–Kier alpha value is -5.61. The standard InChI is InChI=1S/C44H61N3O11.C10H20O.C9H18O.4C4H10/c1-13-30(6)55-32(8)42(52)45(10)26-40(50)58-37(23-35-20-16-29(5)17-21-35)44(54)47(12)24-38(48)56-33(9)43(53)46(11)25-39(49)57-36(41(51)31(7)27(2)3)22-34-18-14-28(4)15-19-34;1-4-9(3)10-5-8(2)6-11-7-10;1-3-4-9-5-8(2)6-10-7-9;4*1-4(2)3/h14-21,27,31-33,36-37H,6,13,22-26H2,1-5,7-12H3;8-10H,4-7H2,1-3H3;8-9H,3-7H2,1-2H3;4*4H,1-3H3. The van der Waals surface area contributed by atoms with E-state index in [-0.39, 0.29) is 30.5 Å². The highest BCUT2D eigenvalue weighted by molar-refractivity contribution is 5.91. The van der Waals surface area contributed by atoms with Crippen LogP contribution >= 0.6 is 0 Å². The number of Topliss-reactive ketones (excluding diaryl/α,β-unsaturated/α-hetero) is 1. The van der Waals surface area contributed by atoms with Gasteiger partial charge in [0.05, 0.1) is 5.76 Å². The third-order valence-electron chi connectivity index (χ3n) is 14.7. The van der Waals surface area contributed by atoms with Crippen molar-refractivity contribution in [2.24, 2.45) is 65.1 Å². The molecule has 0 bridgehead atoms. The minimum Gasteiger partial charge on any atom is -0.486 e. The van der Waals surface area contributed by atoms with E-state index in [4.69, 9.17) is 28.4 Å². The lowest BCUT2D eigenvalue weighted by molar-refractivity contribution is -0.166.